The van der Waals surface area contributed by atoms with Crippen LogP contribution in [0.5, 0.6) is 23.0 Å². The van der Waals surface area contributed by atoms with Gasteiger partial charge in [0.1, 0.15) is 218 Å². The SMILES string of the molecule is OC[C@H]1O[C@H](O[C@H]2[C@H](O)[C@@H](O)[C@H](Oc3ccccc3-c3c4nc(c(-c5ccccc5O[C@@H]5O[C@H](CO)[C@@H](O[C@H]6O[C@H](CO)[C@@H](O)[C@H](O)[C@H]6O)[C@H](O)[C@H]5O)c5ccc([nH]5)c(-c5ccccc5O[C@@H]5O[C@H](CO)[C@@H](O[C@H]6O[C@H](CO)[C@@H](O)[C@H](O)[C@H]6O)[C@H](O)[C@H]5O)c5nc(c(-c6ccccc6O[C@@H]6O[C@H](CO)[C@@H](O[C@H]7O[C@H](CO)[C@@H](O)[C@H](O)[C@H]7O)[C@H](O)[C@H]6O)c6ccc3[nH]6)C=C5)C=C4)O[C@@H]2CO)[C@H](O)[C@@H](O)[C@@H]1O. The van der Waals surface area contributed by atoms with E-state index >= 15 is 0 Å². The molecule has 0 unspecified atom stereocenters. The van der Waals surface area contributed by atoms with Gasteiger partial charge in [-0.2, -0.15) is 0 Å². The van der Waals surface area contributed by atoms with E-state index in [4.69, 9.17) is 85.8 Å². The normalized spacial score (nSPS) is 38.5. The Kier molecular flexibility index (Phi) is 31.9. The smallest absolute Gasteiger partial charge is 0.229 e. The molecule has 762 valence electrons. The number of hydrogen-bond donors (Lipinski definition) is 30. The van der Waals surface area contributed by atoms with E-state index in [1.54, 1.807) is 121 Å². The zero-order chi connectivity index (χ0) is 99.4. The van der Waals surface area contributed by atoms with Crippen molar-refractivity contribution in [1.82, 2.24) is 19.9 Å². The highest BCUT2D eigenvalue weighted by molar-refractivity contribution is 6.02. The Morgan fingerprint density at radius 1 is 0.207 bits per heavy atom. The molecular weight excluding hydrogens is 1860 g/mol. The summed E-state index contributed by atoms with van der Waals surface area (Å²) in [6, 6.07) is 31.2. The van der Waals surface area contributed by atoms with Crippen LogP contribution in [0, 0.1) is 0 Å². The summed E-state index contributed by atoms with van der Waals surface area (Å²) in [6.45, 7) is -7.34. The highest BCUT2D eigenvalue weighted by Gasteiger charge is 2.58. The number of benzene rings is 4. The number of aromatic nitrogens is 4. The lowest BCUT2D eigenvalue weighted by Crippen LogP contribution is -2.65. The lowest BCUT2D eigenvalue weighted by atomic mass is 9.97. The van der Waals surface area contributed by atoms with Crippen molar-refractivity contribution in [3.05, 3.63) is 144 Å². The highest BCUT2D eigenvalue weighted by Crippen LogP contribution is 2.48. The summed E-state index contributed by atoms with van der Waals surface area (Å²) in [6.07, 6.45) is -68.4. The van der Waals surface area contributed by atoms with E-state index in [1.807, 2.05) is 0 Å². The Balaban J connectivity index is 0.835. The Bertz CT molecular complexity index is 4970. The van der Waals surface area contributed by atoms with E-state index in [1.165, 1.54) is 24.3 Å². The predicted molar refractivity (Wildman–Crippen MR) is 469 cm³/mol. The maximum atomic E-state index is 12.2. The van der Waals surface area contributed by atoms with Gasteiger partial charge in [-0.25, -0.2) is 9.97 Å². The first-order valence-corrected chi connectivity index (χ1v) is 44.9. The molecule has 40 atom stereocenters. The fourth-order valence-corrected chi connectivity index (χ4v) is 18.6. The molecule has 8 bridgehead atoms. The van der Waals surface area contributed by atoms with Gasteiger partial charge in [-0.1, -0.05) is 72.8 Å². The van der Waals surface area contributed by atoms with Crippen LogP contribution in [-0.4, -0.2) is 461 Å². The van der Waals surface area contributed by atoms with Crippen LogP contribution < -0.4 is 18.9 Å². The van der Waals surface area contributed by atoms with Crippen molar-refractivity contribution in [2.75, 3.05) is 52.9 Å². The Labute approximate surface area is 792 Å². The van der Waals surface area contributed by atoms with E-state index in [0.717, 1.165) is 0 Å². The summed E-state index contributed by atoms with van der Waals surface area (Å²) < 4.78 is 97.1. The minimum absolute atomic E-state index is 0.0787. The summed E-state index contributed by atoms with van der Waals surface area (Å²) in [5.74, 6) is -0.508. The molecule has 17 rings (SSSR count). The first-order chi connectivity index (χ1) is 67.3. The highest BCUT2D eigenvalue weighted by atomic mass is 16.8. The number of rotatable bonds is 28. The summed E-state index contributed by atoms with van der Waals surface area (Å²) in [5, 5.41) is 310. The number of nitrogens with zero attached hydrogens (tertiary/aromatic N) is 2. The number of nitrogens with one attached hydrogen (secondary N) is 2. The summed E-state index contributed by atoms with van der Waals surface area (Å²) in [5.41, 5.74) is 2.08. The summed E-state index contributed by atoms with van der Waals surface area (Å²) in [4.78, 5) is 17.9. The third-order valence-electron chi connectivity index (χ3n) is 26.2. The molecule has 13 heterocycles. The minimum Gasteiger partial charge on any atom is -0.461 e. The van der Waals surface area contributed by atoms with Crippen LogP contribution in [0.15, 0.2) is 121 Å². The van der Waals surface area contributed by atoms with Crippen molar-refractivity contribution in [3.63, 3.8) is 0 Å². The molecular formula is C92H110N4O44. The fourth-order valence-electron chi connectivity index (χ4n) is 18.6. The Morgan fingerprint density at radius 2 is 0.386 bits per heavy atom. The molecule has 48 heteroatoms. The number of aliphatic hydroxyl groups is 28. The van der Waals surface area contributed by atoms with Gasteiger partial charge in [0.2, 0.25) is 25.2 Å². The average molecular weight is 1980 g/mol. The number of fused-ring (bicyclic) bond motifs is 8. The zero-order valence-corrected chi connectivity index (χ0v) is 73.6. The first-order valence-electron chi connectivity index (χ1n) is 44.9. The second-order valence-electron chi connectivity index (χ2n) is 35.0. The Hall–Kier alpha value is -8.92. The van der Waals surface area contributed by atoms with Crippen LogP contribution >= 0.6 is 0 Å². The number of aromatic amines is 2. The van der Waals surface area contributed by atoms with Crippen LogP contribution in [0.2, 0.25) is 0 Å². The fraction of sp³-hybridized carbons (Fsp3) is 0.522. The van der Waals surface area contributed by atoms with Crippen molar-refractivity contribution >= 4 is 46.4 Å². The molecule has 0 spiro atoms. The molecule has 7 aromatic rings. The summed E-state index contributed by atoms with van der Waals surface area (Å²) in [7, 11) is 0. The molecule has 140 heavy (non-hydrogen) atoms. The summed E-state index contributed by atoms with van der Waals surface area (Å²) >= 11 is 0. The zero-order valence-electron chi connectivity index (χ0n) is 73.6. The molecule has 48 nitrogen and oxygen atoms in total. The molecule has 10 aliphatic heterocycles. The van der Waals surface area contributed by atoms with E-state index in [9.17, 15) is 143 Å². The second-order valence-corrected chi connectivity index (χ2v) is 35.0. The quantitative estimate of drug-likeness (QED) is 0.0217. The van der Waals surface area contributed by atoms with Crippen LogP contribution in [0.25, 0.3) is 90.9 Å². The largest absolute Gasteiger partial charge is 0.461 e. The lowest BCUT2D eigenvalue weighted by Gasteiger charge is -2.45. The predicted octanol–water partition coefficient (Wildman–Crippen LogP) is -8.66. The minimum atomic E-state index is -2.11. The van der Waals surface area contributed by atoms with Crippen LogP contribution in [0.1, 0.15) is 22.8 Å². The van der Waals surface area contributed by atoms with Gasteiger partial charge in [0.15, 0.2) is 25.2 Å². The standard InChI is InChI=1S/C92H110N4O44/c97-25-49-61(105)65(109)73(117)89(129-49)137-81-53(29-101)133-85(77(121)69(81)113)125-45-13-5-1-9-33(45)57-37-17-19-39(93-37)58(34-10-2-6-14-46(34)126-86-78(122)70(114)82(54(30-102)134-86)138-90-74(118)66(110)62(106)50(26-98)130-90)41-21-23-43(95-41)60(36-12-4-8-16-48(36)128-88-80(124)72(116)84(56(32-104)136-88)140-92-76(120)68(112)64(108)52(28-100)132-92)44-24-22-42(96-44)59(40-20-18-38(57)94-40)35-11-3-7-15-47(35)127-87-79(123)71(115)83(55(31-103)135-87)139-91-75(119)67(111)63(107)51(27-99)131-91/h1-24,49-56,61-93,96-124H,25-32H2/t49-,50-,51-,52-,53-,54-,55-,56-,61-,62-,63-,64-,65+,66+,67+,68+,69-,70-,71-,72-,73-,74-,75-,76-,77-,78-,79-,80-,81-,82-,83-,84-,85-,86-,87-,88-,89-,90-,91-,92-/m1/s1. The molecule has 0 amide bonds. The monoisotopic (exact) mass is 1970 g/mol. The third-order valence-corrected chi connectivity index (χ3v) is 26.2. The van der Waals surface area contributed by atoms with Gasteiger partial charge in [0, 0.05) is 66.6 Å². The molecule has 3 aromatic heterocycles. The number of aliphatic hydroxyl groups excluding tert-OH is 28. The van der Waals surface area contributed by atoms with Gasteiger partial charge < -0.3 is 229 Å². The number of para-hydroxylation sites is 4. The molecule has 30 N–H and O–H groups in total. The third kappa shape index (κ3) is 19.8. The van der Waals surface area contributed by atoms with Gasteiger partial charge in [-0.05, 0) is 72.8 Å². The van der Waals surface area contributed by atoms with Crippen molar-refractivity contribution in [2.24, 2.45) is 0 Å². The molecule has 0 radical (unpaired) electrons. The van der Waals surface area contributed by atoms with Crippen molar-refractivity contribution < 1.29 is 219 Å². The topological polar surface area (TPSA) is 771 Å². The van der Waals surface area contributed by atoms with Crippen molar-refractivity contribution in [1.29, 1.82) is 0 Å². The second kappa shape index (κ2) is 43.6. The van der Waals surface area contributed by atoms with Gasteiger partial charge in [-0.3, -0.25) is 0 Å². The number of hydrogen-bond acceptors (Lipinski definition) is 46. The van der Waals surface area contributed by atoms with Crippen molar-refractivity contribution in [2.45, 2.75) is 246 Å². The number of H-pyrrole nitrogens is 2. The molecule has 8 saturated heterocycles. The van der Waals surface area contributed by atoms with E-state index < -0.39 is 299 Å². The molecule has 4 aromatic carbocycles. The van der Waals surface area contributed by atoms with Crippen LogP contribution in [0.3, 0.4) is 0 Å². The van der Waals surface area contributed by atoms with Gasteiger partial charge in [0.05, 0.1) is 75.6 Å². The lowest BCUT2D eigenvalue weighted by molar-refractivity contribution is -0.352. The number of ether oxygens (including phenoxy) is 16. The van der Waals surface area contributed by atoms with E-state index in [-0.39, 0.29) is 112 Å². The van der Waals surface area contributed by atoms with Crippen LogP contribution in [-0.2, 0) is 56.8 Å². The van der Waals surface area contributed by atoms with Gasteiger partial charge in [-0.15, -0.1) is 0 Å². The van der Waals surface area contributed by atoms with E-state index in [2.05, 4.69) is 9.97 Å². The first kappa shape index (κ1) is 103. The van der Waals surface area contributed by atoms with E-state index in [0.29, 0.717) is 0 Å². The molecule has 0 aliphatic carbocycles. The molecule has 0 saturated carbocycles. The Morgan fingerprint density at radius 3 is 0.579 bits per heavy atom. The average Bonchev–Trinajstić information content (AvgIpc) is 1.58. The van der Waals surface area contributed by atoms with Gasteiger partial charge in [0.25, 0.3) is 0 Å². The maximum absolute atomic E-state index is 12.2. The molecule has 8 fully saturated rings. The van der Waals surface area contributed by atoms with Crippen LogP contribution in [0.4, 0.5) is 0 Å². The van der Waals surface area contributed by atoms with Crippen molar-refractivity contribution in [3.8, 4) is 67.5 Å². The molecule has 10 aliphatic rings. The van der Waals surface area contributed by atoms with Gasteiger partial charge >= 0.3 is 0 Å². The maximum Gasteiger partial charge on any atom is 0.229 e.